The summed E-state index contributed by atoms with van der Waals surface area (Å²) >= 11 is 0. The molecule has 48 heavy (non-hydrogen) atoms. The van der Waals surface area contributed by atoms with Gasteiger partial charge in [0, 0.05) is 5.92 Å². The predicted molar refractivity (Wildman–Crippen MR) is 211 cm³/mol. The fraction of sp³-hybridized carbons (Fsp3) is 0.500. The van der Waals surface area contributed by atoms with Gasteiger partial charge in [-0.2, -0.15) is 0 Å². The summed E-state index contributed by atoms with van der Waals surface area (Å²) in [5.74, 6) is 4.24. The summed E-state index contributed by atoms with van der Waals surface area (Å²) < 4.78 is 0. The fourth-order valence-electron chi connectivity index (χ4n) is 8.89. The summed E-state index contributed by atoms with van der Waals surface area (Å²) in [5, 5.41) is 0. The van der Waals surface area contributed by atoms with Crippen molar-refractivity contribution in [3.8, 4) is 11.1 Å². The Bertz CT molecular complexity index is 1700. The Balaban J connectivity index is 0.000000749. The van der Waals surface area contributed by atoms with E-state index < -0.39 is 0 Å². The molecular weight excluding hydrogens is 577 g/mol. The average Bonchev–Trinajstić information content (AvgIpc) is 3.59. The van der Waals surface area contributed by atoms with E-state index in [1.807, 2.05) is 0 Å². The van der Waals surface area contributed by atoms with Crippen LogP contribution in [0.15, 0.2) is 66.8 Å². The first-order valence-electron chi connectivity index (χ1n) is 19.2. The van der Waals surface area contributed by atoms with E-state index in [0.717, 1.165) is 36.5 Å². The molecular formula is C48H62. The highest BCUT2D eigenvalue weighted by molar-refractivity contribution is 5.94. The van der Waals surface area contributed by atoms with E-state index in [4.69, 9.17) is 0 Å². The van der Waals surface area contributed by atoms with Crippen molar-refractivity contribution in [2.45, 2.75) is 126 Å². The second-order valence-corrected chi connectivity index (χ2v) is 17.9. The van der Waals surface area contributed by atoms with Gasteiger partial charge in [-0.25, -0.2) is 0 Å². The number of rotatable bonds is 7. The van der Waals surface area contributed by atoms with Crippen molar-refractivity contribution >= 4 is 17.2 Å². The molecule has 3 aromatic carbocycles. The van der Waals surface area contributed by atoms with Crippen molar-refractivity contribution in [1.82, 2.24) is 0 Å². The molecule has 0 amide bonds. The number of aryl methyl sites for hydroxylation is 2. The van der Waals surface area contributed by atoms with E-state index in [1.165, 1.54) is 101 Å². The third-order valence-corrected chi connectivity index (χ3v) is 11.7. The van der Waals surface area contributed by atoms with Gasteiger partial charge in [0.05, 0.1) is 0 Å². The maximum atomic E-state index is 4.29. The Morgan fingerprint density at radius 3 is 2.10 bits per heavy atom. The van der Waals surface area contributed by atoms with E-state index in [-0.39, 0.29) is 0 Å². The molecule has 0 heteroatoms. The first kappa shape index (κ1) is 34.7. The normalized spacial score (nSPS) is 24.5. The second kappa shape index (κ2) is 14.0. The quantitative estimate of drug-likeness (QED) is 0.226. The minimum atomic E-state index is 0.500. The van der Waals surface area contributed by atoms with E-state index in [2.05, 4.69) is 130 Å². The third kappa shape index (κ3) is 7.69. The maximum Gasteiger partial charge on any atom is 0.000174 e. The molecule has 254 valence electrons. The molecule has 2 saturated carbocycles. The van der Waals surface area contributed by atoms with Gasteiger partial charge in [-0.1, -0.05) is 120 Å². The summed E-state index contributed by atoms with van der Waals surface area (Å²) in [4.78, 5) is 0. The van der Waals surface area contributed by atoms with Crippen molar-refractivity contribution < 1.29 is 0 Å². The molecule has 3 aromatic rings. The zero-order chi connectivity index (χ0) is 34.3. The van der Waals surface area contributed by atoms with Crippen molar-refractivity contribution in [3.63, 3.8) is 0 Å². The van der Waals surface area contributed by atoms with E-state index >= 15 is 0 Å². The molecule has 0 radical (unpaired) electrons. The summed E-state index contributed by atoms with van der Waals surface area (Å²) in [5.41, 5.74) is 19.2. The van der Waals surface area contributed by atoms with Crippen LogP contribution >= 0.6 is 0 Å². The Kier molecular flexibility index (Phi) is 10.1. The van der Waals surface area contributed by atoms with Crippen molar-refractivity contribution in [3.05, 3.63) is 111 Å². The molecule has 3 atom stereocenters. The molecule has 0 saturated heterocycles. The van der Waals surface area contributed by atoms with Gasteiger partial charge < -0.3 is 0 Å². The number of allylic oxidation sites excluding steroid dienone is 4. The van der Waals surface area contributed by atoms with Gasteiger partial charge in [0.15, 0.2) is 0 Å². The number of benzene rings is 3. The summed E-state index contributed by atoms with van der Waals surface area (Å²) in [6.45, 7) is 24.5. The van der Waals surface area contributed by atoms with Crippen LogP contribution in [0, 0.1) is 42.9 Å². The lowest BCUT2D eigenvalue weighted by Crippen LogP contribution is -2.27. The van der Waals surface area contributed by atoms with Crippen molar-refractivity contribution in [2.75, 3.05) is 0 Å². The Morgan fingerprint density at radius 2 is 1.50 bits per heavy atom. The summed E-state index contributed by atoms with van der Waals surface area (Å²) in [6.07, 6.45) is 17.1. The summed E-state index contributed by atoms with van der Waals surface area (Å²) in [6, 6.07) is 19.0. The van der Waals surface area contributed by atoms with Gasteiger partial charge in [0.25, 0.3) is 0 Å². The van der Waals surface area contributed by atoms with Crippen LogP contribution in [-0.2, 0) is 12.8 Å². The molecule has 2 fully saturated rings. The van der Waals surface area contributed by atoms with Gasteiger partial charge in [-0.15, -0.1) is 0 Å². The Morgan fingerprint density at radius 1 is 0.833 bits per heavy atom. The van der Waals surface area contributed by atoms with Gasteiger partial charge >= 0.3 is 0 Å². The highest BCUT2D eigenvalue weighted by Gasteiger charge is 2.34. The van der Waals surface area contributed by atoms with Crippen LogP contribution in [0.4, 0.5) is 0 Å². The molecule has 0 bridgehead atoms. The first-order chi connectivity index (χ1) is 22.7. The lowest BCUT2D eigenvalue weighted by molar-refractivity contribution is 0.137. The topological polar surface area (TPSA) is 0 Å². The Labute approximate surface area is 293 Å². The van der Waals surface area contributed by atoms with Crippen LogP contribution in [0.2, 0.25) is 0 Å². The fourth-order valence-corrected chi connectivity index (χ4v) is 8.89. The number of hydrogen-bond acceptors (Lipinski definition) is 0. The van der Waals surface area contributed by atoms with Crippen LogP contribution in [-0.4, -0.2) is 0 Å². The summed E-state index contributed by atoms with van der Waals surface area (Å²) in [7, 11) is 0. The standard InChI is InChI=1S/C43H50.C5H12/c1-26(2)19-39-29(5)20-37-23-36(25-41(37)43(39)33-12-7-27(3)8-13-33)35-17-18-38-30(6)21-40(42(38)24-35)32-15-10-31(11-16-32)22-34-14-9-28(34)4;1-5(2,3)4/h7-8,12-13,17-18,20-21,23-24,28,30-32,34H,1,9-11,14-16,19,22,25H2,2-6H3;1-4H3/t28?,30?,31?,32?,34-;/m0./s1. The number of hydrogen-bond donors (Lipinski definition) is 0. The molecule has 2 unspecified atom stereocenters. The maximum absolute atomic E-state index is 4.29. The molecule has 0 aromatic heterocycles. The van der Waals surface area contributed by atoms with Crippen molar-refractivity contribution in [2.24, 2.45) is 29.1 Å². The first-order valence-corrected chi connectivity index (χ1v) is 19.2. The van der Waals surface area contributed by atoms with Gasteiger partial charge in [0.1, 0.15) is 0 Å². The lowest BCUT2D eigenvalue weighted by atomic mass is 9.67. The van der Waals surface area contributed by atoms with Crippen LogP contribution in [0.5, 0.6) is 0 Å². The third-order valence-electron chi connectivity index (χ3n) is 11.7. The van der Waals surface area contributed by atoms with E-state index in [1.54, 1.807) is 16.7 Å². The highest BCUT2D eigenvalue weighted by atomic mass is 14.4. The molecule has 0 N–H and O–H groups in total. The van der Waals surface area contributed by atoms with Gasteiger partial charge in [-0.05, 0) is 169 Å². The molecule has 4 aliphatic rings. The van der Waals surface area contributed by atoms with E-state index in [9.17, 15) is 0 Å². The van der Waals surface area contributed by atoms with Crippen LogP contribution in [0.25, 0.3) is 28.3 Å². The molecule has 0 spiro atoms. The van der Waals surface area contributed by atoms with Crippen molar-refractivity contribution in [1.29, 1.82) is 0 Å². The van der Waals surface area contributed by atoms with Gasteiger partial charge in [-0.3, -0.25) is 0 Å². The minimum Gasteiger partial charge on any atom is -0.0998 e. The minimum absolute atomic E-state index is 0.500. The number of fused-ring (bicyclic) bond motifs is 2. The lowest BCUT2D eigenvalue weighted by Gasteiger charge is -2.39. The monoisotopic (exact) mass is 638 g/mol. The zero-order valence-electron chi connectivity index (χ0n) is 31.7. The predicted octanol–water partition coefficient (Wildman–Crippen LogP) is 14.0. The SMILES string of the molecule is C=C(C)Cc1c(C)cc2c(c1-c1ccc(C)cc1)CC(c1ccc3c(c1)C(C1CCC(C[C@@H]4CCC4C)CC1)=CC3C)=C2.CC(C)(C)C. The second-order valence-electron chi connectivity index (χ2n) is 17.9. The molecule has 0 nitrogen and oxygen atoms in total. The van der Waals surface area contributed by atoms with Crippen LogP contribution in [0.1, 0.15) is 144 Å². The zero-order valence-corrected chi connectivity index (χ0v) is 31.7. The highest BCUT2D eigenvalue weighted by Crippen LogP contribution is 2.49. The molecule has 7 rings (SSSR count). The average molecular weight is 639 g/mol. The Hall–Kier alpha value is -3.12. The molecule has 4 aliphatic carbocycles. The molecule has 0 aliphatic heterocycles. The molecule has 0 heterocycles. The van der Waals surface area contributed by atoms with Crippen LogP contribution in [0.3, 0.4) is 0 Å². The van der Waals surface area contributed by atoms with Crippen LogP contribution < -0.4 is 0 Å². The largest absolute Gasteiger partial charge is 0.0998 e. The smallest absolute Gasteiger partial charge is 0.000174 e. The van der Waals surface area contributed by atoms with E-state index in [0.29, 0.717) is 11.3 Å². The van der Waals surface area contributed by atoms with Gasteiger partial charge in [0.2, 0.25) is 0 Å².